The van der Waals surface area contributed by atoms with Gasteiger partial charge in [0.25, 0.3) is 0 Å². The number of anilines is 1. The smallest absolute Gasteiger partial charge is 0.301 e. The van der Waals surface area contributed by atoms with Gasteiger partial charge in [-0.3, -0.25) is 4.79 Å². The first-order chi connectivity index (χ1) is 13.0. The Morgan fingerprint density at radius 2 is 1.93 bits per heavy atom. The second-order valence-electron chi connectivity index (χ2n) is 5.89. The quantitative estimate of drug-likeness (QED) is 0.649. The predicted molar refractivity (Wildman–Crippen MR) is 99.6 cm³/mol. The molecule has 148 valence electrons. The number of halogens is 3. The molecule has 1 heterocycles. The van der Waals surface area contributed by atoms with Gasteiger partial charge in [0.05, 0.1) is 27.2 Å². The zero-order valence-corrected chi connectivity index (χ0v) is 16.0. The van der Waals surface area contributed by atoms with Gasteiger partial charge in [-0.2, -0.15) is 13.2 Å². The van der Waals surface area contributed by atoms with Gasteiger partial charge in [-0.15, -0.1) is 0 Å². The summed E-state index contributed by atoms with van der Waals surface area (Å²) in [6.45, 7) is 1.27. The lowest BCUT2D eigenvalue weighted by atomic mass is 10.2. The molecule has 0 aliphatic carbocycles. The molecule has 0 aliphatic heterocycles. The van der Waals surface area contributed by atoms with E-state index in [2.05, 4.69) is 10.3 Å². The van der Waals surface area contributed by atoms with Crippen LogP contribution in [0.2, 0.25) is 0 Å². The summed E-state index contributed by atoms with van der Waals surface area (Å²) in [5, 5.41) is 2.77. The van der Waals surface area contributed by atoms with Crippen LogP contribution < -0.4 is 10.0 Å². The number of carbonyl (C=O) groups excluding carboxylic acids is 1. The number of aryl methyl sites for hydroxylation is 1. The molecule has 0 atom stereocenters. The molecule has 2 N–H and O–H groups in total. The van der Waals surface area contributed by atoms with E-state index in [0.717, 1.165) is 28.5 Å². The van der Waals surface area contributed by atoms with Gasteiger partial charge in [-0.1, -0.05) is 23.5 Å². The Bertz CT molecular complexity index is 1140. The number of hydrogen-bond acceptors (Lipinski definition) is 5. The van der Waals surface area contributed by atoms with Gasteiger partial charge in [0.15, 0.2) is 5.13 Å². The van der Waals surface area contributed by atoms with Crippen molar-refractivity contribution in [3.8, 4) is 0 Å². The number of hydrogen-bond donors (Lipinski definition) is 2. The topological polar surface area (TPSA) is 88.2 Å². The third-order valence-electron chi connectivity index (χ3n) is 3.68. The molecule has 3 rings (SSSR count). The Morgan fingerprint density at radius 1 is 1.18 bits per heavy atom. The number of alkyl halides is 3. The fraction of sp³-hybridized carbons (Fsp3) is 0.176. The number of sulfonamides is 1. The average Bonchev–Trinajstić information content (AvgIpc) is 3.00. The molecule has 1 aromatic heterocycles. The van der Waals surface area contributed by atoms with E-state index in [9.17, 15) is 26.4 Å². The molecule has 0 bridgehead atoms. The lowest BCUT2D eigenvalue weighted by Crippen LogP contribution is -2.33. The normalized spacial score (nSPS) is 12.3. The third-order valence-corrected chi connectivity index (χ3v) is 6.02. The maximum atomic E-state index is 12.7. The molecule has 0 radical (unpaired) electrons. The van der Waals surface area contributed by atoms with E-state index < -0.39 is 39.1 Å². The maximum Gasteiger partial charge on any atom is 0.416 e. The first-order valence-electron chi connectivity index (χ1n) is 7.88. The molecular formula is C17H14F3N3O3S2. The van der Waals surface area contributed by atoms with Crippen LogP contribution >= 0.6 is 11.3 Å². The first-order valence-corrected chi connectivity index (χ1v) is 10.2. The largest absolute Gasteiger partial charge is 0.416 e. The fourth-order valence-electron chi connectivity index (χ4n) is 2.33. The van der Waals surface area contributed by atoms with Gasteiger partial charge in [0.1, 0.15) is 0 Å². The van der Waals surface area contributed by atoms with Crippen LogP contribution in [0, 0.1) is 6.92 Å². The predicted octanol–water partition coefficient (Wildman–Crippen LogP) is 3.54. The van der Waals surface area contributed by atoms with Crippen LogP contribution in [0.25, 0.3) is 10.2 Å². The number of thiazole rings is 1. The number of nitrogens with zero attached hydrogens (tertiary/aromatic N) is 1. The summed E-state index contributed by atoms with van der Waals surface area (Å²) in [4.78, 5) is 15.7. The molecule has 0 aliphatic rings. The lowest BCUT2D eigenvalue weighted by Gasteiger charge is -2.10. The molecule has 6 nitrogen and oxygen atoms in total. The molecular weight excluding hydrogens is 415 g/mol. The Kier molecular flexibility index (Phi) is 5.41. The van der Waals surface area contributed by atoms with Crippen LogP contribution in [-0.4, -0.2) is 25.9 Å². The van der Waals surface area contributed by atoms with Crippen molar-refractivity contribution >= 4 is 42.6 Å². The van der Waals surface area contributed by atoms with Crippen molar-refractivity contribution in [3.05, 3.63) is 53.6 Å². The van der Waals surface area contributed by atoms with Crippen LogP contribution in [-0.2, 0) is 21.0 Å². The van der Waals surface area contributed by atoms with Crippen molar-refractivity contribution in [1.29, 1.82) is 0 Å². The molecule has 28 heavy (non-hydrogen) atoms. The van der Waals surface area contributed by atoms with Crippen molar-refractivity contribution in [2.75, 3.05) is 11.9 Å². The van der Waals surface area contributed by atoms with E-state index >= 15 is 0 Å². The molecule has 11 heteroatoms. The van der Waals surface area contributed by atoms with Gasteiger partial charge in [0.2, 0.25) is 15.9 Å². The van der Waals surface area contributed by atoms with E-state index in [0.29, 0.717) is 16.7 Å². The number of amides is 1. The zero-order chi connectivity index (χ0) is 20.5. The maximum absolute atomic E-state index is 12.7. The number of benzene rings is 2. The zero-order valence-electron chi connectivity index (χ0n) is 14.4. The second kappa shape index (κ2) is 7.49. The highest BCUT2D eigenvalue weighted by molar-refractivity contribution is 7.89. The van der Waals surface area contributed by atoms with Crippen molar-refractivity contribution in [3.63, 3.8) is 0 Å². The molecule has 1 amide bonds. The molecule has 0 saturated carbocycles. The van der Waals surface area contributed by atoms with Crippen LogP contribution in [0.4, 0.5) is 18.3 Å². The Morgan fingerprint density at radius 3 is 2.64 bits per heavy atom. The SMILES string of the molecule is Cc1ccc2nc(NC(=O)CNS(=O)(=O)c3cccc(C(F)(F)F)c3)sc2c1. The Labute approximate surface area is 162 Å². The summed E-state index contributed by atoms with van der Waals surface area (Å²) in [5.41, 5.74) is 0.628. The summed E-state index contributed by atoms with van der Waals surface area (Å²) in [6, 6.07) is 8.85. The Hall–Kier alpha value is -2.50. The lowest BCUT2D eigenvalue weighted by molar-refractivity contribution is -0.137. The Balaban J connectivity index is 1.67. The summed E-state index contributed by atoms with van der Waals surface area (Å²) in [7, 11) is -4.29. The summed E-state index contributed by atoms with van der Waals surface area (Å²) in [6.07, 6.45) is -4.67. The highest BCUT2D eigenvalue weighted by Crippen LogP contribution is 2.30. The minimum absolute atomic E-state index is 0.295. The van der Waals surface area contributed by atoms with Gasteiger partial charge in [-0.05, 0) is 42.8 Å². The van der Waals surface area contributed by atoms with E-state index in [1.54, 1.807) is 6.07 Å². The molecule has 0 unspecified atom stereocenters. The number of fused-ring (bicyclic) bond motifs is 1. The molecule has 0 spiro atoms. The number of rotatable bonds is 5. The number of carbonyl (C=O) groups is 1. The third kappa shape index (κ3) is 4.66. The summed E-state index contributed by atoms with van der Waals surface area (Å²) < 4.78 is 65.4. The van der Waals surface area contributed by atoms with E-state index in [1.807, 2.05) is 23.8 Å². The van der Waals surface area contributed by atoms with Crippen molar-refractivity contribution in [2.24, 2.45) is 0 Å². The molecule has 0 saturated heterocycles. The van der Waals surface area contributed by atoms with Gasteiger partial charge >= 0.3 is 6.18 Å². The second-order valence-corrected chi connectivity index (χ2v) is 8.69. The van der Waals surface area contributed by atoms with Gasteiger partial charge in [-0.25, -0.2) is 18.1 Å². The van der Waals surface area contributed by atoms with Gasteiger partial charge in [0, 0.05) is 0 Å². The van der Waals surface area contributed by atoms with Crippen molar-refractivity contribution < 1.29 is 26.4 Å². The van der Waals surface area contributed by atoms with E-state index in [-0.39, 0.29) is 0 Å². The van der Waals surface area contributed by atoms with Crippen LogP contribution in [0.5, 0.6) is 0 Å². The van der Waals surface area contributed by atoms with E-state index in [1.165, 1.54) is 11.3 Å². The van der Waals surface area contributed by atoms with Gasteiger partial charge < -0.3 is 5.32 Å². The molecule has 2 aromatic carbocycles. The number of aromatic nitrogens is 1. The highest BCUT2D eigenvalue weighted by atomic mass is 32.2. The average molecular weight is 429 g/mol. The minimum Gasteiger partial charge on any atom is -0.301 e. The number of nitrogens with one attached hydrogen (secondary N) is 2. The highest BCUT2D eigenvalue weighted by Gasteiger charge is 2.31. The minimum atomic E-state index is -4.67. The molecule has 0 fully saturated rings. The van der Waals surface area contributed by atoms with E-state index in [4.69, 9.17) is 0 Å². The van der Waals surface area contributed by atoms with Crippen LogP contribution in [0.15, 0.2) is 47.4 Å². The standard InChI is InChI=1S/C17H14F3N3O3S2/c1-10-5-6-13-14(7-10)27-16(22-13)23-15(24)9-21-28(25,26)12-4-2-3-11(8-12)17(18,19)20/h2-8,21H,9H2,1H3,(H,22,23,24). The first kappa shape index (κ1) is 20.2. The van der Waals surface area contributed by atoms with Crippen LogP contribution in [0.1, 0.15) is 11.1 Å². The summed E-state index contributed by atoms with van der Waals surface area (Å²) >= 11 is 1.23. The van der Waals surface area contributed by atoms with Crippen molar-refractivity contribution in [1.82, 2.24) is 9.71 Å². The van der Waals surface area contributed by atoms with Crippen LogP contribution in [0.3, 0.4) is 0 Å². The monoisotopic (exact) mass is 429 g/mol. The van der Waals surface area contributed by atoms with Crippen molar-refractivity contribution in [2.45, 2.75) is 18.0 Å². The molecule has 3 aromatic rings. The summed E-state index contributed by atoms with van der Waals surface area (Å²) in [5.74, 6) is -0.689. The fourth-order valence-corrected chi connectivity index (χ4v) is 4.34.